The third-order valence-corrected chi connectivity index (χ3v) is 4.04. The Labute approximate surface area is 102 Å². The van der Waals surface area contributed by atoms with Gasteiger partial charge in [0.1, 0.15) is 0 Å². The molecule has 0 aliphatic heterocycles. The molecule has 88 valence electrons. The van der Waals surface area contributed by atoms with Crippen LogP contribution < -0.4 is 4.72 Å². The van der Waals surface area contributed by atoms with E-state index in [1.807, 2.05) is 0 Å². The van der Waals surface area contributed by atoms with Crippen molar-refractivity contribution in [2.45, 2.75) is 12.2 Å². The minimum atomic E-state index is -3.90. The summed E-state index contributed by atoms with van der Waals surface area (Å²) in [5.41, 5.74) is 0.322. The van der Waals surface area contributed by atoms with Crippen LogP contribution in [-0.2, 0) is 14.8 Å². The van der Waals surface area contributed by atoms with Crippen LogP contribution in [0.3, 0.4) is 0 Å². The number of rotatable bonds is 4. The summed E-state index contributed by atoms with van der Waals surface area (Å²) < 4.78 is 26.0. The van der Waals surface area contributed by atoms with Gasteiger partial charge in [0.2, 0.25) is 10.0 Å². The highest BCUT2D eigenvalue weighted by Crippen LogP contribution is 2.17. The Kier molecular flexibility index (Phi) is 3.93. The molecule has 0 radical (unpaired) electrons. The second-order valence-corrected chi connectivity index (χ2v) is 6.05. The zero-order valence-corrected chi connectivity index (χ0v) is 10.7. The number of carboxylic acid groups (broad SMARTS) is 1. The van der Waals surface area contributed by atoms with E-state index < -0.39 is 21.2 Å². The minimum Gasteiger partial charge on any atom is -0.480 e. The summed E-state index contributed by atoms with van der Waals surface area (Å²) in [6, 6.07) is 6.47. The van der Waals surface area contributed by atoms with Gasteiger partial charge in [0.15, 0.2) is 5.25 Å². The molecule has 7 heteroatoms. The Bertz CT molecular complexity index is 500. The standard InChI is InChI=1S/C9H10BrNO4S/c1-6(9(12)13)16(14,15)11-8-4-2-3-7(10)5-8/h2-6,11H,1H3,(H,12,13). The molecule has 0 aromatic heterocycles. The van der Waals surface area contributed by atoms with Crippen LogP contribution >= 0.6 is 15.9 Å². The van der Waals surface area contributed by atoms with Crippen LogP contribution in [0.5, 0.6) is 0 Å². The minimum absolute atomic E-state index is 0.322. The molecule has 1 rings (SSSR count). The van der Waals surface area contributed by atoms with E-state index in [0.29, 0.717) is 10.2 Å². The Morgan fingerprint density at radius 3 is 2.62 bits per heavy atom. The second-order valence-electron chi connectivity index (χ2n) is 3.14. The van der Waals surface area contributed by atoms with E-state index in [-0.39, 0.29) is 0 Å². The number of carboxylic acids is 1. The lowest BCUT2D eigenvalue weighted by Crippen LogP contribution is -2.32. The molecule has 0 saturated carbocycles. The summed E-state index contributed by atoms with van der Waals surface area (Å²) in [6.45, 7) is 1.11. The van der Waals surface area contributed by atoms with Gasteiger partial charge in [-0.15, -0.1) is 0 Å². The van der Waals surface area contributed by atoms with Gasteiger partial charge in [-0.05, 0) is 25.1 Å². The Morgan fingerprint density at radius 1 is 1.50 bits per heavy atom. The highest BCUT2D eigenvalue weighted by molar-refractivity contribution is 9.10. The van der Waals surface area contributed by atoms with Crippen molar-refractivity contribution < 1.29 is 18.3 Å². The lowest BCUT2D eigenvalue weighted by atomic mass is 10.3. The number of anilines is 1. The number of aliphatic carboxylic acids is 1. The number of hydrogen-bond donors (Lipinski definition) is 2. The zero-order valence-electron chi connectivity index (χ0n) is 8.34. The summed E-state index contributed by atoms with van der Waals surface area (Å²) in [6.07, 6.45) is 0. The predicted molar refractivity (Wildman–Crippen MR) is 63.8 cm³/mol. The highest BCUT2D eigenvalue weighted by Gasteiger charge is 2.27. The molecule has 0 aliphatic rings. The quantitative estimate of drug-likeness (QED) is 0.886. The topological polar surface area (TPSA) is 83.5 Å². The van der Waals surface area contributed by atoms with Gasteiger partial charge in [0.25, 0.3) is 0 Å². The van der Waals surface area contributed by atoms with E-state index in [9.17, 15) is 13.2 Å². The first-order valence-electron chi connectivity index (χ1n) is 4.33. The summed E-state index contributed by atoms with van der Waals surface area (Å²) in [7, 11) is -3.90. The highest BCUT2D eigenvalue weighted by atomic mass is 79.9. The molecule has 0 aliphatic carbocycles. The lowest BCUT2D eigenvalue weighted by molar-refractivity contribution is -0.136. The smallest absolute Gasteiger partial charge is 0.323 e. The molecule has 2 N–H and O–H groups in total. The Balaban J connectivity index is 2.93. The van der Waals surface area contributed by atoms with Crippen molar-refractivity contribution in [3.8, 4) is 0 Å². The molecule has 1 unspecified atom stereocenters. The van der Waals surface area contributed by atoms with E-state index >= 15 is 0 Å². The molecule has 0 amide bonds. The lowest BCUT2D eigenvalue weighted by Gasteiger charge is -2.11. The SMILES string of the molecule is CC(C(=O)O)S(=O)(=O)Nc1cccc(Br)c1. The predicted octanol–water partition coefficient (Wildman–Crippen LogP) is 1.66. The van der Waals surface area contributed by atoms with Crippen molar-refractivity contribution in [2.75, 3.05) is 4.72 Å². The van der Waals surface area contributed by atoms with Gasteiger partial charge in [-0.3, -0.25) is 9.52 Å². The van der Waals surface area contributed by atoms with Gasteiger partial charge in [-0.25, -0.2) is 8.42 Å². The molecule has 0 fully saturated rings. The van der Waals surface area contributed by atoms with Gasteiger partial charge in [0, 0.05) is 10.2 Å². The average Bonchev–Trinajstić information content (AvgIpc) is 2.15. The zero-order chi connectivity index (χ0) is 12.3. The van der Waals surface area contributed by atoms with E-state index in [2.05, 4.69) is 20.7 Å². The first-order chi connectivity index (χ1) is 7.33. The van der Waals surface area contributed by atoms with Gasteiger partial charge in [-0.1, -0.05) is 22.0 Å². The van der Waals surface area contributed by atoms with Crippen molar-refractivity contribution in [3.63, 3.8) is 0 Å². The first kappa shape index (κ1) is 13.0. The molecular weight excluding hydrogens is 298 g/mol. The summed E-state index contributed by atoms with van der Waals surface area (Å²) in [5, 5.41) is 7.13. The third-order valence-electron chi connectivity index (χ3n) is 1.90. The molecule has 1 aromatic carbocycles. The van der Waals surface area contributed by atoms with Crippen molar-refractivity contribution in [3.05, 3.63) is 28.7 Å². The van der Waals surface area contributed by atoms with Crippen LogP contribution in [0.25, 0.3) is 0 Å². The number of carbonyl (C=O) groups is 1. The van der Waals surface area contributed by atoms with E-state index in [1.54, 1.807) is 18.2 Å². The molecule has 1 atom stereocenters. The number of sulfonamides is 1. The van der Waals surface area contributed by atoms with Crippen LogP contribution in [0.1, 0.15) is 6.92 Å². The van der Waals surface area contributed by atoms with Gasteiger partial charge < -0.3 is 5.11 Å². The molecule has 0 spiro atoms. The van der Waals surface area contributed by atoms with Crippen LogP contribution in [0.4, 0.5) is 5.69 Å². The van der Waals surface area contributed by atoms with E-state index in [1.165, 1.54) is 6.07 Å². The fourth-order valence-corrected chi connectivity index (χ4v) is 2.23. The van der Waals surface area contributed by atoms with Crippen molar-refractivity contribution in [1.82, 2.24) is 0 Å². The van der Waals surface area contributed by atoms with Gasteiger partial charge in [0.05, 0.1) is 0 Å². The van der Waals surface area contributed by atoms with Crippen molar-refractivity contribution in [1.29, 1.82) is 0 Å². The Morgan fingerprint density at radius 2 is 2.12 bits per heavy atom. The van der Waals surface area contributed by atoms with Gasteiger partial charge in [-0.2, -0.15) is 0 Å². The fraction of sp³-hybridized carbons (Fsp3) is 0.222. The maximum atomic E-state index is 11.5. The molecule has 0 heterocycles. The van der Waals surface area contributed by atoms with Crippen LogP contribution in [0.15, 0.2) is 28.7 Å². The maximum Gasteiger partial charge on any atom is 0.323 e. The molecular formula is C9H10BrNO4S. The summed E-state index contributed by atoms with van der Waals surface area (Å²) in [5.74, 6) is -1.39. The average molecular weight is 308 g/mol. The second kappa shape index (κ2) is 4.84. The fourth-order valence-electron chi connectivity index (χ4n) is 0.937. The largest absolute Gasteiger partial charge is 0.480 e. The van der Waals surface area contributed by atoms with Crippen molar-refractivity contribution in [2.24, 2.45) is 0 Å². The first-order valence-corrected chi connectivity index (χ1v) is 6.67. The van der Waals surface area contributed by atoms with Crippen LogP contribution in [-0.4, -0.2) is 24.7 Å². The number of nitrogens with one attached hydrogen (secondary N) is 1. The molecule has 0 bridgehead atoms. The molecule has 5 nitrogen and oxygen atoms in total. The maximum absolute atomic E-state index is 11.5. The molecule has 1 aromatic rings. The van der Waals surface area contributed by atoms with E-state index in [0.717, 1.165) is 6.92 Å². The van der Waals surface area contributed by atoms with Crippen LogP contribution in [0, 0.1) is 0 Å². The molecule has 16 heavy (non-hydrogen) atoms. The van der Waals surface area contributed by atoms with Gasteiger partial charge >= 0.3 is 5.97 Å². The normalized spacial score (nSPS) is 13.1. The van der Waals surface area contributed by atoms with Crippen molar-refractivity contribution >= 4 is 37.6 Å². The number of benzene rings is 1. The number of halogens is 1. The molecule has 0 saturated heterocycles. The van der Waals surface area contributed by atoms with E-state index in [4.69, 9.17) is 5.11 Å². The Hall–Kier alpha value is -1.08. The summed E-state index contributed by atoms with van der Waals surface area (Å²) in [4.78, 5) is 10.6. The third kappa shape index (κ3) is 3.21. The number of hydrogen-bond acceptors (Lipinski definition) is 3. The monoisotopic (exact) mass is 307 g/mol. The summed E-state index contributed by atoms with van der Waals surface area (Å²) >= 11 is 3.18. The van der Waals surface area contributed by atoms with Crippen LogP contribution in [0.2, 0.25) is 0 Å².